The van der Waals surface area contributed by atoms with E-state index in [0.29, 0.717) is 52.1 Å². The van der Waals surface area contributed by atoms with Crippen LogP contribution in [-0.4, -0.2) is 77.8 Å². The van der Waals surface area contributed by atoms with E-state index in [1.54, 1.807) is 76.3 Å². The zero-order valence-corrected chi connectivity index (χ0v) is 41.7. The number of hydrogen-bond acceptors (Lipinski definition) is 6. The Kier molecular flexibility index (Phi) is 21.9. The summed E-state index contributed by atoms with van der Waals surface area (Å²) in [7, 11) is 0. The van der Waals surface area contributed by atoms with Gasteiger partial charge in [0.2, 0.25) is 0 Å². The SMILES string of the molecule is CCCCOCCOCCN(C(=O)C(C)(C)CCC)c1ccc(F)[c]([Ti]([c]2c(F)ccc(N(CCOCCOCCCC)C(=O)C(C)(C)CCC)c2F)([CH]2C=CC=C2)[CH]2C=CC=C2)c1F. The Morgan fingerprint density at radius 3 is 1.18 bits per heavy atom. The molecule has 13 heteroatoms. The number of benzene rings is 2. The fraction of sp³-hybridized carbons (Fsp3) is 0.577. The van der Waals surface area contributed by atoms with Gasteiger partial charge in [-0.1, -0.05) is 26.7 Å². The first-order valence-corrected chi connectivity index (χ1v) is 27.1. The molecule has 2 aliphatic carbocycles. The summed E-state index contributed by atoms with van der Waals surface area (Å²) in [5, 5.41) is 0. The molecule has 2 aliphatic rings. The molecule has 0 unspecified atom stereocenters. The molecule has 65 heavy (non-hydrogen) atoms. The van der Waals surface area contributed by atoms with Crippen LogP contribution in [-0.2, 0) is 45.1 Å². The monoisotopic (exact) mass is 946 g/mol. The van der Waals surface area contributed by atoms with E-state index in [1.165, 1.54) is 21.9 Å². The number of nitrogens with zero attached hydrogens (tertiary/aromatic N) is 2. The molecule has 0 spiro atoms. The molecular weight excluding hydrogens is 872 g/mol. The summed E-state index contributed by atoms with van der Waals surface area (Å²) in [6.45, 7) is 17.6. The third-order valence-corrected chi connectivity index (χ3v) is 20.9. The van der Waals surface area contributed by atoms with Gasteiger partial charge in [-0.05, 0) is 0 Å². The molecule has 0 saturated carbocycles. The topological polar surface area (TPSA) is 77.5 Å². The van der Waals surface area contributed by atoms with Crippen molar-refractivity contribution in [1.29, 1.82) is 0 Å². The molecule has 8 nitrogen and oxygen atoms in total. The molecule has 0 N–H and O–H groups in total. The Labute approximate surface area is 389 Å². The summed E-state index contributed by atoms with van der Waals surface area (Å²) in [4.78, 5) is 31.7. The van der Waals surface area contributed by atoms with Gasteiger partial charge in [0.1, 0.15) is 0 Å². The Morgan fingerprint density at radius 1 is 0.523 bits per heavy atom. The maximum atomic E-state index is 18.3. The number of allylic oxidation sites excluding steroid dienone is 8. The van der Waals surface area contributed by atoms with Crippen LogP contribution in [0, 0.1) is 34.1 Å². The number of unbranched alkanes of at least 4 members (excludes halogenated alkanes) is 2. The van der Waals surface area contributed by atoms with Crippen LogP contribution in [0.5, 0.6) is 0 Å². The predicted octanol–water partition coefficient (Wildman–Crippen LogP) is 11.2. The van der Waals surface area contributed by atoms with E-state index in [-0.39, 0.29) is 50.9 Å². The second kappa shape index (κ2) is 26.2. The molecule has 0 atom stereocenters. The minimum atomic E-state index is -5.38. The number of halogens is 4. The summed E-state index contributed by atoms with van der Waals surface area (Å²) in [6.07, 6.45) is 20.1. The first-order valence-electron chi connectivity index (χ1n) is 23.8. The number of carbonyl (C=O) groups is 2. The van der Waals surface area contributed by atoms with Crippen molar-refractivity contribution >= 4 is 30.9 Å². The van der Waals surface area contributed by atoms with E-state index in [1.807, 2.05) is 13.8 Å². The molecule has 2 aromatic carbocycles. The second-order valence-corrected chi connectivity index (χ2v) is 24.7. The van der Waals surface area contributed by atoms with Crippen molar-refractivity contribution in [3.63, 3.8) is 0 Å². The van der Waals surface area contributed by atoms with E-state index < -0.39 is 78.7 Å². The van der Waals surface area contributed by atoms with Crippen LogP contribution < -0.4 is 17.5 Å². The summed E-state index contributed by atoms with van der Waals surface area (Å²) in [5.41, 5.74) is -2.27. The van der Waals surface area contributed by atoms with Crippen LogP contribution >= 0.6 is 0 Å². The predicted molar refractivity (Wildman–Crippen MR) is 251 cm³/mol. The van der Waals surface area contributed by atoms with Crippen LogP contribution in [0.3, 0.4) is 0 Å². The van der Waals surface area contributed by atoms with Gasteiger partial charge in [-0.3, -0.25) is 0 Å². The van der Waals surface area contributed by atoms with Gasteiger partial charge in [0.05, 0.1) is 0 Å². The number of anilines is 2. The third-order valence-electron chi connectivity index (χ3n) is 12.4. The number of ether oxygens (including phenoxy) is 4. The van der Waals surface area contributed by atoms with E-state index in [9.17, 15) is 9.59 Å². The Bertz CT molecular complexity index is 1820. The van der Waals surface area contributed by atoms with Gasteiger partial charge < -0.3 is 0 Å². The van der Waals surface area contributed by atoms with E-state index in [2.05, 4.69) is 13.8 Å². The van der Waals surface area contributed by atoms with Gasteiger partial charge in [-0.2, -0.15) is 0 Å². The van der Waals surface area contributed by atoms with E-state index >= 15 is 17.6 Å². The molecule has 0 radical (unpaired) electrons. The van der Waals surface area contributed by atoms with Crippen LogP contribution in [0.15, 0.2) is 72.9 Å². The molecule has 4 rings (SSSR count). The van der Waals surface area contributed by atoms with Crippen LogP contribution in [0.2, 0.25) is 8.45 Å². The van der Waals surface area contributed by atoms with Gasteiger partial charge in [0.15, 0.2) is 0 Å². The number of amides is 2. The van der Waals surface area contributed by atoms with Crippen molar-refractivity contribution in [2.45, 2.75) is 115 Å². The van der Waals surface area contributed by atoms with Gasteiger partial charge in [-0.15, -0.1) is 0 Å². The zero-order chi connectivity index (χ0) is 47.6. The van der Waals surface area contributed by atoms with Crippen molar-refractivity contribution in [2.75, 3.05) is 75.7 Å². The van der Waals surface area contributed by atoms with Crippen LogP contribution in [0.4, 0.5) is 28.9 Å². The van der Waals surface area contributed by atoms with Gasteiger partial charge in [-0.25, -0.2) is 0 Å². The van der Waals surface area contributed by atoms with Crippen molar-refractivity contribution in [1.82, 2.24) is 0 Å². The average Bonchev–Trinajstić information content (AvgIpc) is 4.02. The van der Waals surface area contributed by atoms with Crippen LogP contribution in [0.25, 0.3) is 0 Å². The second-order valence-electron chi connectivity index (χ2n) is 18.3. The van der Waals surface area contributed by atoms with Crippen molar-refractivity contribution in [2.24, 2.45) is 10.8 Å². The molecule has 0 bridgehead atoms. The molecule has 0 fully saturated rings. The Morgan fingerprint density at radius 2 is 0.862 bits per heavy atom. The van der Waals surface area contributed by atoms with E-state index in [4.69, 9.17) is 18.9 Å². The Hall–Kier alpha value is -3.39. The standard InChI is InChI=1S/2C21H32F2NO3.2C5H5.Ti/c2*1-5-7-12-26-14-15-27-13-11-24(20(25)21(3,4)10-6-2)19-9-8-17(22)16-18(19)23;2*1-2-4-5-3-1;/h2*8-9H,5-7,10-15H2,1-4H3;2*1-5H;. The van der Waals surface area contributed by atoms with E-state index in [0.717, 1.165) is 37.8 Å². The molecule has 0 aliphatic heterocycles. The van der Waals surface area contributed by atoms with Gasteiger partial charge >= 0.3 is 365 Å². The summed E-state index contributed by atoms with van der Waals surface area (Å²) in [5.74, 6) is -4.82. The first kappa shape index (κ1) is 54.2. The van der Waals surface area contributed by atoms with Gasteiger partial charge in [0, 0.05) is 0 Å². The molecule has 360 valence electrons. The quantitative estimate of drug-likeness (QED) is 0.0441. The average molecular weight is 947 g/mol. The maximum absolute atomic E-state index is 18.3. The summed E-state index contributed by atoms with van der Waals surface area (Å²) in [6, 6.07) is 4.70. The fourth-order valence-electron chi connectivity index (χ4n) is 9.05. The minimum absolute atomic E-state index is 0.0329. The molecule has 0 saturated heterocycles. The van der Waals surface area contributed by atoms with Crippen molar-refractivity contribution in [3.8, 4) is 0 Å². The zero-order valence-electron chi connectivity index (χ0n) is 40.2. The summed E-state index contributed by atoms with van der Waals surface area (Å²) < 4.78 is 91.7. The number of rotatable bonds is 30. The normalized spacial score (nSPS) is 14.3. The molecule has 0 aromatic heterocycles. The van der Waals surface area contributed by atoms with Crippen LogP contribution in [0.1, 0.15) is 107 Å². The molecular formula is C52H74F4N2O6Ti. The summed E-state index contributed by atoms with van der Waals surface area (Å²) >= 11 is -5.38. The van der Waals surface area contributed by atoms with Crippen molar-refractivity contribution < 1.29 is 62.7 Å². The first-order chi connectivity index (χ1) is 31.1. The third kappa shape index (κ3) is 13.4. The molecule has 0 heterocycles. The van der Waals surface area contributed by atoms with Crippen molar-refractivity contribution in [3.05, 3.63) is 96.1 Å². The molecule has 2 aromatic rings. The number of carbonyl (C=O) groups excluding carboxylic acids is 2. The fourth-order valence-corrected chi connectivity index (χ4v) is 17.8. The molecule has 2 amide bonds. The number of hydrogen-bond donors (Lipinski definition) is 0. The van der Waals surface area contributed by atoms with Gasteiger partial charge in [0.25, 0.3) is 0 Å². The Balaban J connectivity index is 1.96.